The molecule has 6 heteroatoms. The second-order valence-electron chi connectivity index (χ2n) is 4.02. The molecule has 100 valence electrons. The lowest BCUT2D eigenvalue weighted by atomic mass is 10.3. The molecule has 0 bridgehead atoms. The van der Waals surface area contributed by atoms with Crippen molar-refractivity contribution in [3.63, 3.8) is 0 Å². The first-order valence-corrected chi connectivity index (χ1v) is 7.67. The van der Waals surface area contributed by atoms with Gasteiger partial charge < -0.3 is 5.32 Å². The summed E-state index contributed by atoms with van der Waals surface area (Å²) in [6, 6.07) is 7.91. The molecule has 1 N–H and O–H groups in total. The quantitative estimate of drug-likeness (QED) is 0.754. The van der Waals surface area contributed by atoms with Crippen molar-refractivity contribution in [2.45, 2.75) is 13.5 Å². The SMILES string of the molecule is Cc1ncc(I)c(=O)n1CCNc1ccccc1Br. The summed E-state index contributed by atoms with van der Waals surface area (Å²) >= 11 is 5.49. The van der Waals surface area contributed by atoms with Gasteiger partial charge in [0, 0.05) is 29.4 Å². The molecular weight excluding hydrogens is 421 g/mol. The van der Waals surface area contributed by atoms with E-state index < -0.39 is 0 Å². The molecule has 0 saturated heterocycles. The highest BCUT2D eigenvalue weighted by molar-refractivity contribution is 14.1. The van der Waals surface area contributed by atoms with Crippen LogP contribution in [0.25, 0.3) is 0 Å². The summed E-state index contributed by atoms with van der Waals surface area (Å²) in [6.07, 6.45) is 1.61. The molecular formula is C13H13BrIN3O. The van der Waals surface area contributed by atoms with Crippen LogP contribution in [-0.2, 0) is 6.54 Å². The third-order valence-corrected chi connectivity index (χ3v) is 4.16. The number of halogens is 2. The lowest BCUT2D eigenvalue weighted by Crippen LogP contribution is -2.28. The third-order valence-electron chi connectivity index (χ3n) is 2.73. The van der Waals surface area contributed by atoms with Gasteiger partial charge in [-0.25, -0.2) is 4.98 Å². The Morgan fingerprint density at radius 1 is 1.42 bits per heavy atom. The monoisotopic (exact) mass is 433 g/mol. The standard InChI is InChI=1S/C13H13BrIN3O/c1-9-17-8-11(15)13(19)18(9)7-6-16-12-5-3-2-4-10(12)14/h2-5,8,16H,6-7H2,1H3. The van der Waals surface area contributed by atoms with Crippen molar-refractivity contribution in [3.8, 4) is 0 Å². The maximum Gasteiger partial charge on any atom is 0.266 e. The van der Waals surface area contributed by atoms with Crippen LogP contribution >= 0.6 is 38.5 Å². The first kappa shape index (κ1) is 14.5. The van der Waals surface area contributed by atoms with Crippen molar-refractivity contribution in [1.29, 1.82) is 0 Å². The van der Waals surface area contributed by atoms with Crippen LogP contribution in [-0.4, -0.2) is 16.1 Å². The lowest BCUT2D eigenvalue weighted by Gasteiger charge is -2.12. The van der Waals surface area contributed by atoms with E-state index in [9.17, 15) is 4.79 Å². The molecule has 0 radical (unpaired) electrons. The number of nitrogens with zero attached hydrogens (tertiary/aromatic N) is 2. The van der Waals surface area contributed by atoms with Gasteiger partial charge in [-0.1, -0.05) is 12.1 Å². The van der Waals surface area contributed by atoms with Gasteiger partial charge in [-0.05, 0) is 57.6 Å². The number of anilines is 1. The van der Waals surface area contributed by atoms with Crippen molar-refractivity contribution in [3.05, 3.63) is 54.7 Å². The minimum absolute atomic E-state index is 0.0158. The molecule has 0 atom stereocenters. The molecule has 1 aromatic heterocycles. The highest BCUT2D eigenvalue weighted by atomic mass is 127. The number of rotatable bonds is 4. The van der Waals surface area contributed by atoms with Crippen molar-refractivity contribution >= 4 is 44.2 Å². The van der Waals surface area contributed by atoms with Crippen molar-refractivity contribution in [2.24, 2.45) is 0 Å². The van der Waals surface area contributed by atoms with Gasteiger partial charge in [-0.3, -0.25) is 9.36 Å². The summed E-state index contributed by atoms with van der Waals surface area (Å²) < 4.78 is 3.34. The van der Waals surface area contributed by atoms with Crippen LogP contribution in [0.5, 0.6) is 0 Å². The summed E-state index contributed by atoms with van der Waals surface area (Å²) in [6.45, 7) is 3.11. The van der Waals surface area contributed by atoms with Gasteiger partial charge in [0.2, 0.25) is 0 Å². The van der Waals surface area contributed by atoms with Crippen LogP contribution < -0.4 is 10.9 Å². The Kier molecular flexibility index (Phi) is 4.98. The molecule has 0 aliphatic carbocycles. The summed E-state index contributed by atoms with van der Waals surface area (Å²) in [4.78, 5) is 16.2. The first-order valence-electron chi connectivity index (χ1n) is 5.80. The second kappa shape index (κ2) is 6.51. The normalized spacial score (nSPS) is 10.5. The molecule has 0 aliphatic heterocycles. The smallest absolute Gasteiger partial charge is 0.266 e. The van der Waals surface area contributed by atoms with Crippen molar-refractivity contribution in [1.82, 2.24) is 9.55 Å². The largest absolute Gasteiger partial charge is 0.382 e. The van der Waals surface area contributed by atoms with Crippen molar-refractivity contribution in [2.75, 3.05) is 11.9 Å². The maximum atomic E-state index is 12.0. The zero-order chi connectivity index (χ0) is 13.8. The number of nitrogens with one attached hydrogen (secondary N) is 1. The molecule has 0 unspecified atom stereocenters. The van der Waals surface area contributed by atoms with Gasteiger partial charge >= 0.3 is 0 Å². The van der Waals surface area contributed by atoms with Gasteiger partial charge in [0.15, 0.2) is 0 Å². The van der Waals surface area contributed by atoms with E-state index >= 15 is 0 Å². The Hall–Kier alpha value is -0.890. The molecule has 2 aromatic rings. The molecule has 0 fully saturated rings. The minimum Gasteiger partial charge on any atom is -0.382 e. The van der Waals surface area contributed by atoms with E-state index in [1.807, 2.05) is 53.8 Å². The van der Waals surface area contributed by atoms with Crippen LogP contribution in [0.15, 0.2) is 39.7 Å². The predicted molar refractivity (Wildman–Crippen MR) is 88.6 cm³/mol. The lowest BCUT2D eigenvalue weighted by molar-refractivity contribution is 0.648. The van der Waals surface area contributed by atoms with E-state index in [1.165, 1.54) is 0 Å². The van der Waals surface area contributed by atoms with Gasteiger partial charge in [0.25, 0.3) is 5.56 Å². The molecule has 2 rings (SSSR count). The third kappa shape index (κ3) is 3.56. The summed E-state index contributed by atoms with van der Waals surface area (Å²) in [5.41, 5.74) is 1.04. The van der Waals surface area contributed by atoms with Crippen LogP contribution in [0.1, 0.15) is 5.82 Å². The summed E-state index contributed by atoms with van der Waals surface area (Å²) in [7, 11) is 0. The summed E-state index contributed by atoms with van der Waals surface area (Å²) in [5, 5.41) is 3.30. The first-order chi connectivity index (χ1) is 9.09. The van der Waals surface area contributed by atoms with Gasteiger partial charge in [-0.15, -0.1) is 0 Å². The molecule has 0 amide bonds. The molecule has 0 spiro atoms. The molecule has 1 heterocycles. The molecule has 4 nitrogen and oxygen atoms in total. The highest BCUT2D eigenvalue weighted by Gasteiger charge is 2.05. The average Bonchev–Trinajstić information content (AvgIpc) is 2.40. The van der Waals surface area contributed by atoms with Gasteiger partial charge in [-0.2, -0.15) is 0 Å². The fraction of sp³-hybridized carbons (Fsp3) is 0.231. The van der Waals surface area contributed by atoms with Crippen LogP contribution in [0.3, 0.4) is 0 Å². The molecule has 0 aliphatic rings. The zero-order valence-corrected chi connectivity index (χ0v) is 14.1. The Balaban J connectivity index is 2.07. The van der Waals surface area contributed by atoms with E-state index in [0.29, 0.717) is 16.7 Å². The molecule has 0 saturated carbocycles. The van der Waals surface area contributed by atoms with Crippen LogP contribution in [0.2, 0.25) is 0 Å². The number of aromatic nitrogens is 2. The Labute approximate surface area is 133 Å². The topological polar surface area (TPSA) is 46.9 Å². The van der Waals surface area contributed by atoms with E-state index in [-0.39, 0.29) is 5.56 Å². The van der Waals surface area contributed by atoms with Crippen molar-refractivity contribution < 1.29 is 0 Å². The number of benzene rings is 1. The minimum atomic E-state index is 0.0158. The van der Waals surface area contributed by atoms with Gasteiger partial charge in [0.05, 0.1) is 3.57 Å². The Morgan fingerprint density at radius 2 is 2.16 bits per heavy atom. The van der Waals surface area contributed by atoms with E-state index in [0.717, 1.165) is 16.0 Å². The fourth-order valence-corrected chi connectivity index (χ4v) is 2.58. The highest BCUT2D eigenvalue weighted by Crippen LogP contribution is 2.20. The predicted octanol–water partition coefficient (Wildman–Crippen LogP) is 3.03. The second-order valence-corrected chi connectivity index (χ2v) is 6.03. The zero-order valence-electron chi connectivity index (χ0n) is 10.4. The van der Waals surface area contributed by atoms with E-state index in [2.05, 4.69) is 26.2 Å². The maximum absolute atomic E-state index is 12.0. The number of para-hydroxylation sites is 1. The number of hydrogen-bond donors (Lipinski definition) is 1. The Morgan fingerprint density at radius 3 is 2.89 bits per heavy atom. The number of aryl methyl sites for hydroxylation is 1. The number of hydrogen-bond acceptors (Lipinski definition) is 3. The van der Waals surface area contributed by atoms with Crippen LogP contribution in [0, 0.1) is 10.5 Å². The molecule has 19 heavy (non-hydrogen) atoms. The summed E-state index contributed by atoms with van der Waals surface area (Å²) in [5.74, 6) is 0.736. The fourth-order valence-electron chi connectivity index (χ4n) is 1.72. The van der Waals surface area contributed by atoms with E-state index in [4.69, 9.17) is 0 Å². The average molecular weight is 434 g/mol. The van der Waals surface area contributed by atoms with E-state index in [1.54, 1.807) is 10.8 Å². The van der Waals surface area contributed by atoms with Gasteiger partial charge in [0.1, 0.15) is 5.82 Å². The molecule has 1 aromatic carbocycles. The Bertz CT molecular complexity index is 642. The van der Waals surface area contributed by atoms with Crippen LogP contribution in [0.4, 0.5) is 5.69 Å².